The van der Waals surface area contributed by atoms with Gasteiger partial charge in [-0.2, -0.15) is 0 Å². The number of hydrogen-bond donors (Lipinski definition) is 5. The lowest BCUT2D eigenvalue weighted by atomic mass is 10.4. The van der Waals surface area contributed by atoms with Crippen LogP contribution >= 0.6 is 0 Å². The van der Waals surface area contributed by atoms with Crippen molar-refractivity contribution >= 4 is 23.9 Å². The summed E-state index contributed by atoms with van der Waals surface area (Å²) in [7, 11) is 0. The highest BCUT2D eigenvalue weighted by Gasteiger charge is 2.01. The van der Waals surface area contributed by atoms with Crippen molar-refractivity contribution in [2.24, 2.45) is 0 Å². The number of hydrogen-bond acceptors (Lipinski definition) is 5. The molecule has 0 unspecified atom stereocenters. The van der Waals surface area contributed by atoms with E-state index >= 15 is 0 Å². The fourth-order valence-corrected chi connectivity index (χ4v) is 0.214. The highest BCUT2D eigenvalue weighted by atomic mass is 16.4. The second-order valence-corrected chi connectivity index (χ2v) is 3.42. The Labute approximate surface area is 122 Å². The fraction of sp³-hybridized carbons (Fsp3) is 0.667. The standard InChI is InChI=1S/C4H8O2.C3H6O3.C3H6O2.C2H4O2/c1-2-3-4(5)6;1-2(4)3(5)6;1-2-3(4)5;1-2(3)4/h2-3H2,1H3,(H,5,6);2,4H,1H3,(H,5,6);2H2,1H3,(H,4,5);1H3,(H,3,4)/t;2-;;/m.0../s1. The SMILES string of the molecule is CC(=O)O.CCC(=O)O.CCCC(=O)O.C[C@H](O)C(=O)O. The highest BCUT2D eigenvalue weighted by Crippen LogP contribution is 1.82. The molecule has 0 fully saturated rings. The first kappa shape index (κ1) is 27.2. The molecular weight excluding hydrogens is 288 g/mol. The molecule has 1 atom stereocenters. The maximum absolute atomic E-state index is 9.60. The van der Waals surface area contributed by atoms with E-state index < -0.39 is 30.0 Å². The van der Waals surface area contributed by atoms with Crippen molar-refractivity contribution in [2.75, 3.05) is 0 Å². The molecule has 0 aromatic carbocycles. The van der Waals surface area contributed by atoms with Crippen LogP contribution in [0.3, 0.4) is 0 Å². The second kappa shape index (κ2) is 20.2. The van der Waals surface area contributed by atoms with Crippen LogP contribution < -0.4 is 0 Å². The molecule has 0 rings (SSSR count). The quantitative estimate of drug-likeness (QED) is 0.505. The Morgan fingerprint density at radius 3 is 1.14 bits per heavy atom. The minimum absolute atomic E-state index is 0.222. The number of carboxylic acids is 4. The third-order valence-corrected chi connectivity index (χ3v) is 1.12. The zero-order chi connectivity index (χ0) is 18.0. The predicted octanol–water partition coefficient (Wildman–Crippen LogP) is 0.895. The van der Waals surface area contributed by atoms with Gasteiger partial charge < -0.3 is 25.5 Å². The number of aliphatic hydroxyl groups excluding tert-OH is 1. The topological polar surface area (TPSA) is 169 Å². The van der Waals surface area contributed by atoms with Crippen LogP contribution in [0, 0.1) is 0 Å². The van der Waals surface area contributed by atoms with Gasteiger partial charge in [-0.05, 0) is 13.3 Å². The average Bonchev–Trinajstić information content (AvgIpc) is 2.29. The number of rotatable bonds is 4. The van der Waals surface area contributed by atoms with E-state index in [2.05, 4.69) is 0 Å². The molecule has 21 heavy (non-hydrogen) atoms. The lowest BCUT2D eigenvalue weighted by Crippen LogP contribution is -2.13. The third kappa shape index (κ3) is 95.7. The van der Waals surface area contributed by atoms with Crippen molar-refractivity contribution in [3.63, 3.8) is 0 Å². The molecular formula is C12H24O9. The van der Waals surface area contributed by atoms with Crippen molar-refractivity contribution in [1.82, 2.24) is 0 Å². The van der Waals surface area contributed by atoms with Gasteiger partial charge in [0.1, 0.15) is 6.10 Å². The first-order chi connectivity index (χ1) is 9.41. The Kier molecular flexibility index (Phi) is 26.1. The van der Waals surface area contributed by atoms with Crippen LogP contribution in [0.4, 0.5) is 0 Å². The van der Waals surface area contributed by atoms with Crippen molar-refractivity contribution in [2.45, 2.75) is 53.1 Å². The Balaban J connectivity index is -0.0000000929. The molecule has 0 aliphatic carbocycles. The highest BCUT2D eigenvalue weighted by molar-refractivity contribution is 5.71. The number of aliphatic hydroxyl groups is 1. The molecule has 0 radical (unpaired) electrons. The molecule has 9 heteroatoms. The molecule has 126 valence electrons. The summed E-state index contributed by atoms with van der Waals surface area (Å²) in [6.07, 6.45) is 0.0139. The molecule has 0 heterocycles. The van der Waals surface area contributed by atoms with Gasteiger partial charge in [-0.15, -0.1) is 0 Å². The van der Waals surface area contributed by atoms with Gasteiger partial charge >= 0.3 is 17.9 Å². The lowest BCUT2D eigenvalue weighted by Gasteiger charge is -1.89. The lowest BCUT2D eigenvalue weighted by molar-refractivity contribution is -0.145. The van der Waals surface area contributed by atoms with Gasteiger partial charge in [0.15, 0.2) is 0 Å². The summed E-state index contributed by atoms with van der Waals surface area (Å²) in [5.74, 6) is -3.47. The van der Waals surface area contributed by atoms with Crippen LogP contribution in [0.5, 0.6) is 0 Å². The normalized spacial score (nSPS) is 9.19. The summed E-state index contributed by atoms with van der Waals surface area (Å²) < 4.78 is 0. The molecule has 0 saturated heterocycles. The maximum atomic E-state index is 9.60. The molecule has 0 aromatic heterocycles. The number of carbonyl (C=O) groups is 4. The Bertz CT molecular complexity index is 293. The third-order valence-electron chi connectivity index (χ3n) is 1.12. The van der Waals surface area contributed by atoms with E-state index in [4.69, 9.17) is 30.3 Å². The van der Waals surface area contributed by atoms with Crippen LogP contribution in [0.1, 0.15) is 47.0 Å². The minimum Gasteiger partial charge on any atom is -0.481 e. The molecule has 0 saturated carbocycles. The van der Waals surface area contributed by atoms with E-state index in [1.807, 2.05) is 6.92 Å². The zero-order valence-electron chi connectivity index (χ0n) is 12.6. The maximum Gasteiger partial charge on any atom is 0.332 e. The number of aliphatic carboxylic acids is 4. The summed E-state index contributed by atoms with van der Waals surface area (Å²) in [6, 6.07) is 0. The molecule has 0 aliphatic rings. The Hall–Kier alpha value is -2.16. The Morgan fingerprint density at radius 1 is 0.905 bits per heavy atom. The molecule has 0 aliphatic heterocycles. The van der Waals surface area contributed by atoms with Gasteiger partial charge in [0.2, 0.25) is 0 Å². The van der Waals surface area contributed by atoms with E-state index in [1.165, 1.54) is 6.92 Å². The van der Waals surface area contributed by atoms with Gasteiger partial charge in [0, 0.05) is 19.8 Å². The van der Waals surface area contributed by atoms with Crippen molar-refractivity contribution in [3.05, 3.63) is 0 Å². The zero-order valence-corrected chi connectivity index (χ0v) is 12.6. The van der Waals surface area contributed by atoms with E-state index in [0.717, 1.165) is 13.3 Å². The van der Waals surface area contributed by atoms with E-state index in [9.17, 15) is 14.4 Å². The van der Waals surface area contributed by atoms with Crippen LogP contribution in [-0.2, 0) is 19.2 Å². The monoisotopic (exact) mass is 312 g/mol. The van der Waals surface area contributed by atoms with Gasteiger partial charge in [-0.3, -0.25) is 14.4 Å². The van der Waals surface area contributed by atoms with Gasteiger partial charge in [-0.1, -0.05) is 13.8 Å². The first-order valence-corrected chi connectivity index (χ1v) is 5.96. The molecule has 0 spiro atoms. The fourth-order valence-electron chi connectivity index (χ4n) is 0.214. The van der Waals surface area contributed by atoms with Crippen LogP contribution in [-0.4, -0.2) is 55.5 Å². The van der Waals surface area contributed by atoms with Crippen LogP contribution in [0.25, 0.3) is 0 Å². The summed E-state index contributed by atoms with van der Waals surface area (Å²) in [5, 5.41) is 38.8. The molecule has 0 bridgehead atoms. The average molecular weight is 312 g/mol. The van der Waals surface area contributed by atoms with Gasteiger partial charge in [0.25, 0.3) is 5.97 Å². The van der Waals surface area contributed by atoms with Crippen LogP contribution in [0.2, 0.25) is 0 Å². The van der Waals surface area contributed by atoms with Crippen LogP contribution in [0.15, 0.2) is 0 Å². The van der Waals surface area contributed by atoms with Crippen molar-refractivity contribution in [3.8, 4) is 0 Å². The second-order valence-electron chi connectivity index (χ2n) is 3.42. The smallest absolute Gasteiger partial charge is 0.332 e. The van der Waals surface area contributed by atoms with E-state index in [0.29, 0.717) is 6.42 Å². The van der Waals surface area contributed by atoms with E-state index in [-0.39, 0.29) is 6.42 Å². The predicted molar refractivity (Wildman–Crippen MR) is 73.1 cm³/mol. The molecule has 9 nitrogen and oxygen atoms in total. The van der Waals surface area contributed by atoms with Gasteiger partial charge in [0.05, 0.1) is 0 Å². The van der Waals surface area contributed by atoms with E-state index in [1.54, 1.807) is 6.92 Å². The summed E-state index contributed by atoms with van der Waals surface area (Å²) in [6.45, 7) is 5.72. The van der Waals surface area contributed by atoms with Crippen molar-refractivity contribution in [1.29, 1.82) is 0 Å². The first-order valence-electron chi connectivity index (χ1n) is 5.96. The van der Waals surface area contributed by atoms with Gasteiger partial charge in [-0.25, -0.2) is 4.79 Å². The number of carboxylic acid groups (broad SMARTS) is 4. The summed E-state index contributed by atoms with van der Waals surface area (Å²) >= 11 is 0. The molecule has 5 N–H and O–H groups in total. The summed E-state index contributed by atoms with van der Waals surface area (Å²) in [4.78, 5) is 37.4. The largest absolute Gasteiger partial charge is 0.481 e. The molecule has 0 amide bonds. The van der Waals surface area contributed by atoms with Crippen molar-refractivity contribution < 1.29 is 44.7 Å². The molecule has 0 aromatic rings. The Morgan fingerprint density at radius 2 is 1.14 bits per heavy atom. The minimum atomic E-state index is -1.23. The summed E-state index contributed by atoms with van der Waals surface area (Å²) in [5.41, 5.74) is 0.